The summed E-state index contributed by atoms with van der Waals surface area (Å²) in [5.41, 5.74) is 5.12. The first-order chi connectivity index (χ1) is 19.2. The molecule has 0 aliphatic carbocycles. The van der Waals surface area contributed by atoms with Crippen LogP contribution in [0, 0.1) is 6.92 Å². The van der Waals surface area contributed by atoms with Crippen LogP contribution in [-0.2, 0) is 38.7 Å². The Hall–Kier alpha value is -4.07. The van der Waals surface area contributed by atoms with Crippen LogP contribution in [0.2, 0.25) is 0 Å². The molecule has 0 fully saturated rings. The lowest BCUT2D eigenvalue weighted by molar-refractivity contribution is -0.137. The first-order valence-corrected chi connectivity index (χ1v) is 13.6. The maximum atomic E-state index is 12.9. The van der Waals surface area contributed by atoms with Crippen molar-refractivity contribution in [3.8, 4) is 11.5 Å². The lowest BCUT2D eigenvalue weighted by atomic mass is 9.94. The van der Waals surface area contributed by atoms with Gasteiger partial charge >= 0.3 is 11.9 Å². The predicted octanol–water partition coefficient (Wildman–Crippen LogP) is 6.03. The number of amides is 1. The topological polar surface area (TPSA) is 111 Å². The molecule has 40 heavy (non-hydrogen) atoms. The number of rotatable bonds is 15. The second-order valence-corrected chi connectivity index (χ2v) is 9.98. The number of hydrogen-bond acceptors (Lipinski definition) is 6. The van der Waals surface area contributed by atoms with Gasteiger partial charge in [0.1, 0.15) is 23.9 Å². The van der Waals surface area contributed by atoms with Gasteiger partial charge in [-0.25, -0.2) is 0 Å². The van der Waals surface area contributed by atoms with Crippen LogP contribution in [-0.4, -0.2) is 30.1 Å². The third-order valence-electron chi connectivity index (χ3n) is 6.96. The van der Waals surface area contributed by atoms with E-state index in [-0.39, 0.29) is 24.7 Å². The van der Waals surface area contributed by atoms with Gasteiger partial charge in [-0.1, -0.05) is 55.0 Å². The first-order valence-electron chi connectivity index (χ1n) is 13.6. The zero-order chi connectivity index (χ0) is 29.1. The van der Waals surface area contributed by atoms with Crippen LogP contribution in [0.15, 0.2) is 48.6 Å². The number of aliphatic carboxylic acids is 1. The number of hydrogen-bond donors (Lipinski definition) is 2. The summed E-state index contributed by atoms with van der Waals surface area (Å²) in [6, 6.07) is 9.75. The van der Waals surface area contributed by atoms with Crippen LogP contribution in [0.5, 0.6) is 11.5 Å². The van der Waals surface area contributed by atoms with Crippen molar-refractivity contribution in [3.05, 3.63) is 76.4 Å². The van der Waals surface area contributed by atoms with E-state index < -0.39 is 5.97 Å². The number of carboxylic acids is 1. The minimum absolute atomic E-state index is 0.0106. The lowest BCUT2D eigenvalue weighted by Crippen LogP contribution is -2.22. The fraction of sp³-hybridized carbons (Fsp3) is 0.406. The molecule has 0 spiro atoms. The molecule has 2 aromatic rings. The largest absolute Gasteiger partial charge is 0.496 e. The molecule has 1 amide bonds. The van der Waals surface area contributed by atoms with Crippen molar-refractivity contribution in [1.82, 2.24) is 5.32 Å². The Labute approximate surface area is 236 Å². The van der Waals surface area contributed by atoms with E-state index in [9.17, 15) is 14.4 Å². The van der Waals surface area contributed by atoms with Gasteiger partial charge in [-0.05, 0) is 50.7 Å². The molecule has 2 N–H and O–H groups in total. The monoisotopic (exact) mass is 549 g/mol. The van der Waals surface area contributed by atoms with Crippen LogP contribution in [0.3, 0.4) is 0 Å². The van der Waals surface area contributed by atoms with Crippen LogP contribution in [0.4, 0.5) is 0 Å². The summed E-state index contributed by atoms with van der Waals surface area (Å²) < 4.78 is 17.4. The van der Waals surface area contributed by atoms with Crippen molar-refractivity contribution in [3.63, 3.8) is 0 Å². The molecule has 0 aromatic heterocycles. The standard InChI is InChI=1S/C32H39NO7/c1-21(16-18-28(35)36)15-17-25-31(38-4)22(2)26-20-39-23(3)30(26)32(25)40-29(37)14-10-6-9-13-27(34)33-19-24-11-7-5-8-12-24/h5,7-8,11-12,15H,3,6,9-10,13-14,16-20H2,1-2,4H3,(H,33,34)(H,35,36)/b21-15+. The Balaban J connectivity index is 1.61. The highest BCUT2D eigenvalue weighted by Crippen LogP contribution is 2.46. The molecule has 214 valence electrons. The van der Waals surface area contributed by atoms with Gasteiger partial charge in [0.15, 0.2) is 0 Å². The molecule has 0 saturated heterocycles. The van der Waals surface area contributed by atoms with Crippen molar-refractivity contribution < 1.29 is 33.7 Å². The van der Waals surface area contributed by atoms with Crippen molar-refractivity contribution in [2.45, 2.75) is 78.4 Å². The molecule has 0 unspecified atom stereocenters. The van der Waals surface area contributed by atoms with Crippen molar-refractivity contribution in [1.29, 1.82) is 0 Å². The molecule has 8 nitrogen and oxygen atoms in total. The zero-order valence-electron chi connectivity index (χ0n) is 23.6. The third-order valence-corrected chi connectivity index (χ3v) is 6.96. The molecule has 0 saturated carbocycles. The third kappa shape index (κ3) is 8.46. The molecule has 1 aliphatic heterocycles. The van der Waals surface area contributed by atoms with E-state index in [2.05, 4.69) is 11.9 Å². The van der Waals surface area contributed by atoms with Gasteiger partial charge in [0.2, 0.25) is 5.91 Å². The van der Waals surface area contributed by atoms with Crippen molar-refractivity contribution in [2.24, 2.45) is 0 Å². The summed E-state index contributed by atoms with van der Waals surface area (Å²) in [6.45, 7) is 8.65. The Morgan fingerprint density at radius 3 is 2.48 bits per heavy atom. The highest BCUT2D eigenvalue weighted by molar-refractivity contribution is 5.81. The lowest BCUT2D eigenvalue weighted by Gasteiger charge is -2.19. The average molecular weight is 550 g/mol. The molecular weight excluding hydrogens is 510 g/mol. The molecule has 2 aromatic carbocycles. The smallest absolute Gasteiger partial charge is 0.311 e. The summed E-state index contributed by atoms with van der Waals surface area (Å²) in [4.78, 5) is 36.0. The fourth-order valence-corrected chi connectivity index (χ4v) is 4.69. The van der Waals surface area contributed by atoms with Gasteiger partial charge in [-0.3, -0.25) is 14.4 Å². The molecule has 1 aliphatic rings. The number of esters is 1. The fourth-order valence-electron chi connectivity index (χ4n) is 4.69. The molecule has 0 radical (unpaired) electrons. The number of carbonyl (C=O) groups excluding carboxylic acids is 2. The first kappa shape index (κ1) is 30.5. The number of ether oxygens (including phenoxy) is 3. The molecule has 3 rings (SSSR count). The summed E-state index contributed by atoms with van der Waals surface area (Å²) in [5.74, 6) is 0.196. The number of nitrogens with one attached hydrogen (secondary N) is 1. The van der Waals surface area contributed by atoms with Gasteiger partial charge in [-0.15, -0.1) is 0 Å². The van der Waals surface area contributed by atoms with Crippen molar-refractivity contribution >= 4 is 23.6 Å². The summed E-state index contributed by atoms with van der Waals surface area (Å²) in [6.07, 6.45) is 5.41. The van der Waals surface area contributed by atoms with E-state index in [0.717, 1.165) is 28.7 Å². The minimum atomic E-state index is -0.852. The highest BCUT2D eigenvalue weighted by atomic mass is 16.5. The van der Waals surface area contributed by atoms with Gasteiger partial charge in [0.05, 0.1) is 12.7 Å². The Bertz CT molecular complexity index is 1260. The maximum Gasteiger partial charge on any atom is 0.311 e. The average Bonchev–Trinajstić information content (AvgIpc) is 3.33. The van der Waals surface area contributed by atoms with Crippen molar-refractivity contribution in [2.75, 3.05) is 7.11 Å². The van der Waals surface area contributed by atoms with Crippen LogP contribution < -0.4 is 14.8 Å². The number of fused-ring (bicyclic) bond motifs is 1. The zero-order valence-corrected chi connectivity index (χ0v) is 23.6. The Kier molecular flexibility index (Phi) is 11.4. The van der Waals surface area contributed by atoms with Gasteiger partial charge < -0.3 is 24.6 Å². The molecule has 8 heteroatoms. The number of unbranched alkanes of at least 4 members (excludes halogenated alkanes) is 2. The number of allylic oxidation sites excluding steroid dienone is 2. The number of carbonyl (C=O) groups is 3. The molecule has 1 heterocycles. The number of methoxy groups -OCH3 is 1. The minimum Gasteiger partial charge on any atom is -0.496 e. The van der Waals surface area contributed by atoms with Crippen LogP contribution in [0.1, 0.15) is 79.7 Å². The summed E-state index contributed by atoms with van der Waals surface area (Å²) >= 11 is 0. The van der Waals surface area contributed by atoms with E-state index in [1.807, 2.05) is 50.3 Å². The molecule has 0 atom stereocenters. The van der Waals surface area contributed by atoms with Crippen LogP contribution >= 0.6 is 0 Å². The number of benzene rings is 2. The molecule has 0 bridgehead atoms. The maximum absolute atomic E-state index is 12.9. The summed E-state index contributed by atoms with van der Waals surface area (Å²) in [5, 5.41) is 11.9. The summed E-state index contributed by atoms with van der Waals surface area (Å²) in [7, 11) is 1.57. The molecular formula is C32H39NO7. The Morgan fingerprint density at radius 2 is 1.77 bits per heavy atom. The second-order valence-electron chi connectivity index (χ2n) is 9.98. The predicted molar refractivity (Wildman–Crippen MR) is 153 cm³/mol. The van der Waals surface area contributed by atoms with E-state index in [1.165, 1.54) is 0 Å². The van der Waals surface area contributed by atoms with E-state index in [1.54, 1.807) is 7.11 Å². The second kappa shape index (κ2) is 14.9. The van der Waals surface area contributed by atoms with E-state index in [4.69, 9.17) is 19.3 Å². The van der Waals surface area contributed by atoms with E-state index in [0.29, 0.717) is 73.6 Å². The van der Waals surface area contributed by atoms with Gasteiger partial charge in [-0.2, -0.15) is 0 Å². The van der Waals surface area contributed by atoms with E-state index >= 15 is 0 Å². The normalized spacial score (nSPS) is 12.5. The van der Waals surface area contributed by atoms with Gasteiger partial charge in [0.25, 0.3) is 0 Å². The van der Waals surface area contributed by atoms with Gasteiger partial charge in [0, 0.05) is 36.9 Å². The highest BCUT2D eigenvalue weighted by Gasteiger charge is 2.30. The van der Waals surface area contributed by atoms with Crippen LogP contribution in [0.25, 0.3) is 5.76 Å². The number of carboxylic acid groups (broad SMARTS) is 1. The Morgan fingerprint density at radius 1 is 1.05 bits per heavy atom. The SMILES string of the molecule is C=C1OCc2c(C)c(OC)c(C/C=C(\C)CCC(=O)O)c(OC(=O)CCCCCC(=O)NCc3ccccc3)c21. The quantitative estimate of drug-likeness (QED) is 0.121.